The molecule has 0 spiro atoms. The van der Waals surface area contributed by atoms with Crippen LogP contribution >= 0.6 is 11.3 Å². The molecule has 3 heterocycles. The lowest BCUT2D eigenvalue weighted by Gasteiger charge is -2.16. The fraction of sp³-hybridized carbons (Fsp3) is 0. The Kier molecular flexibility index (Phi) is 5.84. The van der Waals surface area contributed by atoms with Crippen LogP contribution in [-0.4, -0.2) is 9.13 Å². The van der Waals surface area contributed by atoms with Gasteiger partial charge in [0.25, 0.3) is 0 Å². The topological polar surface area (TPSA) is 57.4 Å². The zero-order valence-corrected chi connectivity index (χ0v) is 26.9. The van der Waals surface area contributed by atoms with Crippen molar-refractivity contribution in [1.82, 2.24) is 9.13 Å². The number of para-hydroxylation sites is 2. The average Bonchev–Trinajstić information content (AvgIpc) is 3.81. The van der Waals surface area contributed by atoms with E-state index in [4.69, 9.17) is 0 Å². The van der Waals surface area contributed by atoms with Crippen LogP contribution in [0.1, 0.15) is 11.1 Å². The van der Waals surface area contributed by atoms with E-state index in [2.05, 4.69) is 124 Å². The first kappa shape index (κ1) is 27.5. The molecule has 7 aromatic carbocycles. The summed E-state index contributed by atoms with van der Waals surface area (Å²) in [6.45, 7) is 0. The van der Waals surface area contributed by atoms with E-state index in [0.29, 0.717) is 11.1 Å². The van der Waals surface area contributed by atoms with Crippen LogP contribution in [0, 0.1) is 22.7 Å². The summed E-state index contributed by atoms with van der Waals surface area (Å²) in [7, 11) is 0. The summed E-state index contributed by atoms with van der Waals surface area (Å²) >= 11 is 1.84. The van der Waals surface area contributed by atoms with E-state index >= 15 is 0 Å². The number of thiophene rings is 1. The number of hydrogen-bond donors (Lipinski definition) is 0. The zero-order chi connectivity index (χ0) is 32.6. The average molecular weight is 641 g/mol. The largest absolute Gasteiger partial charge is 0.309 e. The summed E-state index contributed by atoms with van der Waals surface area (Å²) in [4.78, 5) is 0. The predicted octanol–water partition coefficient (Wildman–Crippen LogP) is 11.7. The van der Waals surface area contributed by atoms with Gasteiger partial charge in [-0.15, -0.1) is 11.3 Å². The van der Waals surface area contributed by atoms with Gasteiger partial charge in [-0.2, -0.15) is 10.5 Å². The van der Waals surface area contributed by atoms with Gasteiger partial charge in [-0.3, -0.25) is 0 Å². The first-order valence-corrected chi connectivity index (χ1v) is 17.0. The fourth-order valence-corrected chi connectivity index (χ4v) is 8.98. The highest BCUT2D eigenvalue weighted by molar-refractivity contribution is 7.26. The number of hydrogen-bond acceptors (Lipinski definition) is 3. The highest BCUT2D eigenvalue weighted by Gasteiger charge is 2.22. The van der Waals surface area contributed by atoms with Gasteiger partial charge in [0.2, 0.25) is 0 Å². The van der Waals surface area contributed by atoms with Crippen molar-refractivity contribution in [2.75, 3.05) is 0 Å². The van der Waals surface area contributed by atoms with Gasteiger partial charge < -0.3 is 9.13 Å². The van der Waals surface area contributed by atoms with Gasteiger partial charge >= 0.3 is 0 Å². The Morgan fingerprint density at radius 3 is 2.08 bits per heavy atom. The molecule has 0 N–H and O–H groups in total. The molecule has 4 nitrogen and oxygen atoms in total. The lowest BCUT2D eigenvalue weighted by Crippen LogP contribution is -1.99. The van der Waals surface area contributed by atoms with Crippen LogP contribution in [0.5, 0.6) is 0 Å². The van der Waals surface area contributed by atoms with E-state index in [-0.39, 0.29) is 0 Å². The van der Waals surface area contributed by atoms with E-state index in [1.807, 2.05) is 53.8 Å². The number of rotatable bonds is 3. The monoisotopic (exact) mass is 640 g/mol. The minimum absolute atomic E-state index is 0.607. The van der Waals surface area contributed by atoms with Crippen molar-refractivity contribution >= 4 is 75.1 Å². The van der Waals surface area contributed by atoms with E-state index in [1.165, 1.54) is 25.6 Å². The van der Waals surface area contributed by atoms with Crippen molar-refractivity contribution < 1.29 is 0 Å². The van der Waals surface area contributed by atoms with Crippen LogP contribution in [0.2, 0.25) is 0 Å². The quantitative estimate of drug-likeness (QED) is 0.193. The molecule has 0 saturated heterocycles. The third-order valence-corrected chi connectivity index (χ3v) is 11.0. The molecule has 3 aromatic heterocycles. The number of nitriles is 2. The Hall–Kier alpha value is -6.66. The fourth-order valence-electron chi connectivity index (χ4n) is 7.72. The molecule has 0 bridgehead atoms. The minimum Gasteiger partial charge on any atom is -0.309 e. The Labute approximate surface area is 285 Å². The van der Waals surface area contributed by atoms with Crippen LogP contribution in [0.25, 0.3) is 86.3 Å². The maximum atomic E-state index is 10.6. The molecule has 0 fully saturated rings. The second kappa shape index (κ2) is 10.4. The number of aromatic nitrogens is 2. The molecular weight excluding hydrogens is 617 g/mol. The summed E-state index contributed by atoms with van der Waals surface area (Å²) in [6.07, 6.45) is 0. The van der Waals surface area contributed by atoms with Crippen molar-refractivity contribution in [3.05, 3.63) is 157 Å². The Balaban J connectivity index is 1.33. The highest BCUT2D eigenvalue weighted by atomic mass is 32.1. The van der Waals surface area contributed by atoms with Gasteiger partial charge in [-0.25, -0.2) is 0 Å². The Morgan fingerprint density at radius 1 is 0.490 bits per heavy atom. The molecule has 10 aromatic rings. The van der Waals surface area contributed by atoms with Crippen LogP contribution in [0.4, 0.5) is 0 Å². The second-order valence-corrected chi connectivity index (χ2v) is 13.4. The highest BCUT2D eigenvalue weighted by Crippen LogP contribution is 2.45. The molecule has 0 atom stereocenters. The number of fused-ring (bicyclic) bond motifs is 10. The summed E-state index contributed by atoms with van der Waals surface area (Å²) in [5.41, 5.74) is 9.40. The predicted molar refractivity (Wildman–Crippen MR) is 203 cm³/mol. The number of nitrogens with zero attached hydrogens (tertiary/aromatic N) is 4. The third kappa shape index (κ3) is 3.88. The van der Waals surface area contributed by atoms with E-state index < -0.39 is 0 Å². The Bertz CT molecular complexity index is 3070. The van der Waals surface area contributed by atoms with Crippen molar-refractivity contribution in [1.29, 1.82) is 10.5 Å². The van der Waals surface area contributed by atoms with Gasteiger partial charge in [0.15, 0.2) is 0 Å². The molecular formula is C44H24N4S. The molecule has 226 valence electrons. The molecule has 0 radical (unpaired) electrons. The molecule has 0 aliphatic carbocycles. The van der Waals surface area contributed by atoms with Crippen LogP contribution in [0.15, 0.2) is 146 Å². The molecule has 0 amide bonds. The van der Waals surface area contributed by atoms with E-state index in [1.54, 1.807) is 0 Å². The standard InChI is InChI=1S/C44H24N4S/c45-25-27-17-20-37-34(23-27)31-12-4-6-14-36(31)48(37)39-15-8-9-29(26-46)42(39)28-18-21-38-35(24-28)43-40(47(38)30-10-2-1-3-11-30)22-19-33-32-13-5-7-16-41(32)49-44(33)43/h1-24H. The van der Waals surface area contributed by atoms with Crippen LogP contribution in [0.3, 0.4) is 0 Å². The molecule has 10 rings (SSSR count). The molecule has 0 saturated carbocycles. The molecule has 0 unspecified atom stereocenters. The number of benzene rings is 7. The summed E-state index contributed by atoms with van der Waals surface area (Å²) in [5, 5.41) is 27.2. The van der Waals surface area contributed by atoms with Crippen molar-refractivity contribution in [2.24, 2.45) is 0 Å². The van der Waals surface area contributed by atoms with Crippen molar-refractivity contribution in [3.8, 4) is 34.6 Å². The van der Waals surface area contributed by atoms with Crippen LogP contribution < -0.4 is 0 Å². The smallest absolute Gasteiger partial charge is 0.0998 e. The molecule has 0 aliphatic heterocycles. The Morgan fingerprint density at radius 2 is 1.22 bits per heavy atom. The SMILES string of the molecule is N#Cc1ccc2c(c1)c1ccccc1n2-c1cccc(C#N)c1-c1ccc2c(c1)c1c3sc4ccccc4c3ccc1n2-c1ccccc1. The lowest BCUT2D eigenvalue weighted by molar-refractivity contribution is 1.17. The second-order valence-electron chi connectivity index (χ2n) is 12.3. The molecule has 5 heteroatoms. The first-order chi connectivity index (χ1) is 24.2. The van der Waals surface area contributed by atoms with Gasteiger partial charge in [0.05, 0.1) is 51.0 Å². The summed E-state index contributed by atoms with van der Waals surface area (Å²) in [5.74, 6) is 0. The maximum Gasteiger partial charge on any atom is 0.0998 e. The van der Waals surface area contributed by atoms with Gasteiger partial charge in [-0.05, 0) is 78.4 Å². The van der Waals surface area contributed by atoms with Crippen molar-refractivity contribution in [3.63, 3.8) is 0 Å². The summed E-state index contributed by atoms with van der Waals surface area (Å²) in [6, 6.07) is 55.2. The maximum absolute atomic E-state index is 10.6. The lowest BCUT2D eigenvalue weighted by atomic mass is 9.96. The first-order valence-electron chi connectivity index (χ1n) is 16.1. The van der Waals surface area contributed by atoms with Crippen molar-refractivity contribution in [2.45, 2.75) is 0 Å². The minimum atomic E-state index is 0.607. The van der Waals surface area contributed by atoms with Gasteiger partial charge in [0, 0.05) is 53.0 Å². The normalized spacial score (nSPS) is 11.6. The van der Waals surface area contributed by atoms with Gasteiger partial charge in [-0.1, -0.05) is 72.8 Å². The van der Waals surface area contributed by atoms with Crippen LogP contribution in [-0.2, 0) is 0 Å². The van der Waals surface area contributed by atoms with E-state index in [0.717, 1.165) is 60.7 Å². The van der Waals surface area contributed by atoms with E-state index in [9.17, 15) is 10.5 Å². The summed E-state index contributed by atoms with van der Waals surface area (Å²) < 4.78 is 7.13. The molecule has 0 aliphatic rings. The van der Waals surface area contributed by atoms with Gasteiger partial charge in [0.1, 0.15) is 0 Å². The zero-order valence-electron chi connectivity index (χ0n) is 26.1. The molecule has 49 heavy (non-hydrogen) atoms. The third-order valence-electron chi connectivity index (χ3n) is 9.78.